The molecule has 1 N–H and O–H groups in total. The van der Waals surface area contributed by atoms with E-state index in [2.05, 4.69) is 62.3 Å². The maximum Gasteiger partial charge on any atom is 0.244 e. The fourth-order valence-corrected chi connectivity index (χ4v) is 6.39. The van der Waals surface area contributed by atoms with Crippen LogP contribution in [-0.4, -0.2) is 71.6 Å². The summed E-state index contributed by atoms with van der Waals surface area (Å²) in [5.74, 6) is 1.86. The van der Waals surface area contributed by atoms with Crippen LogP contribution < -0.4 is 10.2 Å². The number of hydrogen-bond acceptors (Lipinski definition) is 7. The van der Waals surface area contributed by atoms with Crippen molar-refractivity contribution in [2.24, 2.45) is 0 Å². The molecule has 3 aromatic rings. The van der Waals surface area contributed by atoms with Crippen LogP contribution in [0.4, 0.5) is 11.5 Å². The van der Waals surface area contributed by atoms with Crippen molar-refractivity contribution in [2.45, 2.75) is 52.1 Å². The van der Waals surface area contributed by atoms with E-state index in [1.807, 2.05) is 33.0 Å². The molecular formula is C33H40N6O2. The molecule has 1 amide bonds. The number of nitrogens with one attached hydrogen (secondary N) is 1. The van der Waals surface area contributed by atoms with E-state index in [4.69, 9.17) is 9.72 Å². The predicted octanol–water partition coefficient (Wildman–Crippen LogP) is 5.13. The maximum absolute atomic E-state index is 13.3. The molecule has 0 aliphatic carbocycles. The Bertz CT molecular complexity index is 1550. The molecule has 0 spiro atoms. The zero-order chi connectivity index (χ0) is 28.7. The Hall–Kier alpha value is -3.91. The first-order valence-electron chi connectivity index (χ1n) is 14.6. The van der Waals surface area contributed by atoms with Gasteiger partial charge >= 0.3 is 0 Å². The molecule has 3 aliphatic heterocycles. The fraction of sp³-hybridized carbons (Fsp3) is 0.424. The van der Waals surface area contributed by atoms with Gasteiger partial charge in [0.1, 0.15) is 12.1 Å². The number of likely N-dealkylation sites (N-methyl/N-ethyl adjacent to an activating group) is 1. The Morgan fingerprint density at radius 1 is 1.00 bits per heavy atom. The molecule has 0 radical (unpaired) electrons. The molecule has 0 bridgehead atoms. The third-order valence-corrected chi connectivity index (χ3v) is 8.93. The van der Waals surface area contributed by atoms with Gasteiger partial charge in [-0.2, -0.15) is 0 Å². The van der Waals surface area contributed by atoms with E-state index >= 15 is 0 Å². The topological polar surface area (TPSA) is 73.8 Å². The number of aromatic nitrogens is 2. The van der Waals surface area contributed by atoms with Crippen LogP contribution in [0.25, 0.3) is 16.5 Å². The first-order chi connectivity index (χ1) is 19.7. The summed E-state index contributed by atoms with van der Waals surface area (Å²) >= 11 is 0. The molecule has 3 aliphatic rings. The smallest absolute Gasteiger partial charge is 0.244 e. The van der Waals surface area contributed by atoms with Crippen LogP contribution >= 0.6 is 0 Å². The van der Waals surface area contributed by atoms with Gasteiger partial charge in [-0.1, -0.05) is 12.1 Å². The normalized spacial score (nSPS) is 17.8. The average Bonchev–Trinajstić information content (AvgIpc) is 3.53. The van der Waals surface area contributed by atoms with Crippen molar-refractivity contribution >= 4 is 33.9 Å². The number of rotatable bonds is 6. The largest absolute Gasteiger partial charge is 0.482 e. The molecule has 1 aromatic heterocycles. The summed E-state index contributed by atoms with van der Waals surface area (Å²) in [6.45, 7) is 10.5. The number of anilines is 2. The summed E-state index contributed by atoms with van der Waals surface area (Å²) in [6.07, 6.45) is 9.08. The summed E-state index contributed by atoms with van der Waals surface area (Å²) in [4.78, 5) is 29.5. The van der Waals surface area contributed by atoms with Gasteiger partial charge in [-0.3, -0.25) is 9.69 Å². The summed E-state index contributed by atoms with van der Waals surface area (Å²) in [7, 11) is 3.74. The van der Waals surface area contributed by atoms with E-state index in [-0.39, 0.29) is 5.91 Å². The lowest BCUT2D eigenvalue weighted by Crippen LogP contribution is -2.51. The van der Waals surface area contributed by atoms with Gasteiger partial charge in [0, 0.05) is 37.8 Å². The van der Waals surface area contributed by atoms with Crippen molar-refractivity contribution in [3.63, 3.8) is 0 Å². The van der Waals surface area contributed by atoms with Gasteiger partial charge in [-0.15, -0.1) is 0 Å². The minimum absolute atomic E-state index is 0.0481. The van der Waals surface area contributed by atoms with Gasteiger partial charge in [-0.25, -0.2) is 9.97 Å². The van der Waals surface area contributed by atoms with Crippen molar-refractivity contribution in [2.75, 3.05) is 50.6 Å². The molecule has 4 heterocycles. The molecule has 1 saturated heterocycles. The summed E-state index contributed by atoms with van der Waals surface area (Å²) in [5.41, 5.74) is 7.39. The Kier molecular flexibility index (Phi) is 7.20. The van der Waals surface area contributed by atoms with Gasteiger partial charge in [0.2, 0.25) is 5.91 Å². The van der Waals surface area contributed by atoms with Crippen LogP contribution in [-0.2, 0) is 22.5 Å². The quantitative estimate of drug-likeness (QED) is 0.455. The van der Waals surface area contributed by atoms with Crippen LogP contribution in [0.5, 0.6) is 0 Å². The number of hydrogen-bond donors (Lipinski definition) is 1. The van der Waals surface area contributed by atoms with Crippen LogP contribution in [0.2, 0.25) is 0 Å². The molecule has 8 nitrogen and oxygen atoms in total. The molecule has 0 unspecified atom stereocenters. The highest BCUT2D eigenvalue weighted by Gasteiger charge is 2.36. The van der Waals surface area contributed by atoms with Gasteiger partial charge in [0.25, 0.3) is 0 Å². The van der Waals surface area contributed by atoms with Crippen LogP contribution in [0.3, 0.4) is 0 Å². The van der Waals surface area contributed by atoms with E-state index < -0.39 is 5.54 Å². The number of carbonyl (C=O) groups is 1. The van der Waals surface area contributed by atoms with E-state index in [0.717, 1.165) is 85.8 Å². The number of fused-ring (bicyclic) bond motifs is 2. The number of likely N-dealkylation sites (tertiary alicyclic amines) is 1. The number of amides is 1. The average molecular weight is 553 g/mol. The molecular weight excluding hydrogens is 512 g/mol. The van der Waals surface area contributed by atoms with E-state index in [9.17, 15) is 4.79 Å². The highest BCUT2D eigenvalue weighted by Crippen LogP contribution is 2.34. The monoisotopic (exact) mass is 552 g/mol. The lowest BCUT2D eigenvalue weighted by molar-refractivity contribution is -0.125. The Balaban J connectivity index is 1.28. The zero-order valence-corrected chi connectivity index (χ0v) is 24.8. The lowest BCUT2D eigenvalue weighted by atomic mass is 9.96. The Labute approximate surface area is 242 Å². The van der Waals surface area contributed by atoms with Crippen molar-refractivity contribution in [1.29, 1.82) is 0 Å². The molecule has 41 heavy (non-hydrogen) atoms. The summed E-state index contributed by atoms with van der Waals surface area (Å²) in [5, 5.41) is 4.27. The molecule has 2 aromatic carbocycles. The highest BCUT2D eigenvalue weighted by atomic mass is 16.5. The van der Waals surface area contributed by atoms with E-state index in [0.29, 0.717) is 0 Å². The van der Waals surface area contributed by atoms with Crippen molar-refractivity contribution in [1.82, 2.24) is 19.8 Å². The van der Waals surface area contributed by atoms with Gasteiger partial charge in [0.05, 0.1) is 18.2 Å². The molecule has 8 heteroatoms. The standard InChI is InChI=1S/C33H40N6O2/c1-22-16-25(24-9-11-29(41-5)37(4)19-24)18-28-30(22)34-21-35-31(28)38-15-12-23-8-10-27(17-26(23)20-38)36-32(40)33(2,3)39-13-6-7-14-39/h8-11,16-18,21H,6-7,12-15,19-20H2,1-5H3,(H,36,40). The Morgan fingerprint density at radius 2 is 1.80 bits per heavy atom. The molecule has 6 rings (SSSR count). The predicted molar refractivity (Wildman–Crippen MR) is 165 cm³/mol. The summed E-state index contributed by atoms with van der Waals surface area (Å²) < 4.78 is 5.47. The van der Waals surface area contributed by atoms with E-state index in [1.165, 1.54) is 22.3 Å². The van der Waals surface area contributed by atoms with Crippen molar-refractivity contribution in [3.05, 3.63) is 76.9 Å². The second-order valence-corrected chi connectivity index (χ2v) is 12.0. The number of methoxy groups -OCH3 is 1. The minimum atomic E-state index is -0.530. The fourth-order valence-electron chi connectivity index (χ4n) is 6.39. The van der Waals surface area contributed by atoms with Gasteiger partial charge in [0.15, 0.2) is 5.88 Å². The van der Waals surface area contributed by atoms with Gasteiger partial charge in [-0.05, 0) is 111 Å². The first-order valence-corrected chi connectivity index (χ1v) is 14.6. The highest BCUT2D eigenvalue weighted by molar-refractivity contribution is 5.98. The summed E-state index contributed by atoms with van der Waals surface area (Å²) in [6, 6.07) is 10.8. The number of allylic oxidation sites excluding steroid dienone is 2. The second-order valence-electron chi connectivity index (χ2n) is 12.0. The SMILES string of the molecule is COC1=CC=C(c2cc(C)c3ncnc(N4CCc5ccc(NC(=O)C(C)(C)N6CCCC6)cc5C4)c3c2)CN1C. The Morgan fingerprint density at radius 3 is 2.56 bits per heavy atom. The molecule has 1 fully saturated rings. The third kappa shape index (κ3) is 5.17. The van der Waals surface area contributed by atoms with Crippen LogP contribution in [0.1, 0.15) is 48.9 Å². The van der Waals surface area contributed by atoms with Gasteiger partial charge < -0.3 is 19.9 Å². The van der Waals surface area contributed by atoms with Crippen LogP contribution in [0, 0.1) is 6.92 Å². The number of nitrogens with zero attached hydrogens (tertiary/aromatic N) is 5. The van der Waals surface area contributed by atoms with Crippen molar-refractivity contribution in [3.8, 4) is 0 Å². The molecule has 0 saturated carbocycles. The number of benzene rings is 2. The zero-order valence-electron chi connectivity index (χ0n) is 24.8. The maximum atomic E-state index is 13.3. The number of ether oxygens (including phenoxy) is 1. The second kappa shape index (κ2) is 10.8. The number of carbonyl (C=O) groups excluding carboxylic acids is 1. The number of aryl methyl sites for hydroxylation is 1. The first kappa shape index (κ1) is 27.3. The lowest BCUT2D eigenvalue weighted by Gasteiger charge is -2.34. The van der Waals surface area contributed by atoms with Crippen molar-refractivity contribution < 1.29 is 9.53 Å². The third-order valence-electron chi connectivity index (χ3n) is 8.93. The molecule has 214 valence electrons. The van der Waals surface area contributed by atoms with Crippen LogP contribution in [0.15, 0.2) is 54.7 Å². The molecule has 0 atom stereocenters. The van der Waals surface area contributed by atoms with E-state index in [1.54, 1.807) is 13.4 Å². The minimum Gasteiger partial charge on any atom is -0.482 e.